The van der Waals surface area contributed by atoms with Crippen molar-refractivity contribution >= 4 is 11.7 Å². The highest BCUT2D eigenvalue weighted by atomic mass is 16.5. The SMILES string of the molecule is COc1ccc(CN2CCN(CC(=O)NCCC3NC4=C(CC(=O)C=C4)O3)CC2)c(OC)c1OC. The Morgan fingerprint density at radius 3 is 2.51 bits per heavy atom. The maximum absolute atomic E-state index is 12.4. The first-order valence-corrected chi connectivity index (χ1v) is 11.9. The molecule has 10 heteroatoms. The topological polar surface area (TPSA) is 102 Å². The minimum atomic E-state index is -0.215. The molecule has 2 heterocycles. The van der Waals surface area contributed by atoms with E-state index < -0.39 is 0 Å². The maximum atomic E-state index is 12.4. The second kappa shape index (κ2) is 11.5. The number of rotatable bonds is 10. The Kier molecular flexibility index (Phi) is 8.14. The quantitative estimate of drug-likeness (QED) is 0.502. The fourth-order valence-corrected chi connectivity index (χ4v) is 4.56. The van der Waals surface area contributed by atoms with Crippen LogP contribution in [0.1, 0.15) is 18.4 Å². The van der Waals surface area contributed by atoms with Crippen LogP contribution in [-0.4, -0.2) is 88.3 Å². The fraction of sp³-hybridized carbons (Fsp3) is 0.520. The number of methoxy groups -OCH3 is 3. The molecule has 1 saturated heterocycles. The van der Waals surface area contributed by atoms with E-state index in [0.29, 0.717) is 48.9 Å². The van der Waals surface area contributed by atoms with Crippen LogP contribution in [0.2, 0.25) is 0 Å². The molecule has 1 aromatic carbocycles. The predicted molar refractivity (Wildman–Crippen MR) is 129 cm³/mol. The fourth-order valence-electron chi connectivity index (χ4n) is 4.56. The summed E-state index contributed by atoms with van der Waals surface area (Å²) in [5.74, 6) is 2.67. The highest BCUT2D eigenvalue weighted by Crippen LogP contribution is 2.40. The molecule has 35 heavy (non-hydrogen) atoms. The van der Waals surface area contributed by atoms with Crippen molar-refractivity contribution in [2.24, 2.45) is 0 Å². The first-order valence-electron chi connectivity index (χ1n) is 11.9. The summed E-state index contributed by atoms with van der Waals surface area (Å²) >= 11 is 0. The van der Waals surface area contributed by atoms with Crippen LogP contribution >= 0.6 is 0 Å². The number of amides is 1. The number of nitrogens with zero attached hydrogens (tertiary/aromatic N) is 2. The Morgan fingerprint density at radius 1 is 1.06 bits per heavy atom. The molecular weight excluding hydrogens is 452 g/mol. The van der Waals surface area contributed by atoms with Crippen LogP contribution in [0.4, 0.5) is 0 Å². The van der Waals surface area contributed by atoms with Crippen molar-refractivity contribution in [1.82, 2.24) is 20.4 Å². The summed E-state index contributed by atoms with van der Waals surface area (Å²) in [6.07, 6.45) is 4.02. The molecule has 1 atom stereocenters. The molecule has 0 aromatic heterocycles. The Labute approximate surface area is 205 Å². The Balaban J connectivity index is 1.16. The summed E-state index contributed by atoms with van der Waals surface area (Å²) in [6.45, 7) is 4.95. The van der Waals surface area contributed by atoms with Crippen LogP contribution < -0.4 is 24.8 Å². The average Bonchev–Trinajstić information content (AvgIpc) is 3.26. The number of ketones is 1. The van der Waals surface area contributed by atoms with Gasteiger partial charge in [0.1, 0.15) is 5.76 Å². The number of nitrogens with one attached hydrogen (secondary N) is 2. The van der Waals surface area contributed by atoms with Gasteiger partial charge in [-0.05, 0) is 18.2 Å². The van der Waals surface area contributed by atoms with E-state index in [0.717, 1.165) is 44.0 Å². The molecule has 190 valence electrons. The number of carbonyl (C=O) groups is 2. The molecule has 1 fully saturated rings. The largest absolute Gasteiger partial charge is 0.493 e. The number of hydrogen-bond donors (Lipinski definition) is 2. The monoisotopic (exact) mass is 486 g/mol. The van der Waals surface area contributed by atoms with Crippen molar-refractivity contribution in [2.75, 3.05) is 60.6 Å². The molecule has 10 nitrogen and oxygen atoms in total. The Morgan fingerprint density at radius 2 is 1.80 bits per heavy atom. The molecule has 2 N–H and O–H groups in total. The molecule has 3 aliphatic rings. The van der Waals surface area contributed by atoms with Gasteiger partial charge < -0.3 is 29.6 Å². The molecule has 0 spiro atoms. The standard InChI is InChI=1S/C25H34N4O6/c1-32-20-7-4-17(24(33-2)25(20)34-3)15-28-10-12-29(13-11-28)16-22(31)26-9-8-23-27-19-6-5-18(30)14-21(19)35-23/h4-7,23,27H,8-16H2,1-3H3,(H,26,31). The smallest absolute Gasteiger partial charge is 0.234 e. The van der Waals surface area contributed by atoms with Crippen molar-refractivity contribution < 1.29 is 28.5 Å². The summed E-state index contributed by atoms with van der Waals surface area (Å²) in [4.78, 5) is 28.4. The molecule has 1 aromatic rings. The van der Waals surface area contributed by atoms with E-state index >= 15 is 0 Å². The van der Waals surface area contributed by atoms with E-state index in [4.69, 9.17) is 18.9 Å². The van der Waals surface area contributed by atoms with Crippen molar-refractivity contribution in [3.63, 3.8) is 0 Å². The summed E-state index contributed by atoms with van der Waals surface area (Å²) in [5, 5.41) is 6.22. The van der Waals surface area contributed by atoms with Crippen LogP contribution in [0.15, 0.2) is 35.7 Å². The lowest BCUT2D eigenvalue weighted by Gasteiger charge is -2.34. The van der Waals surface area contributed by atoms with Crippen molar-refractivity contribution in [3.8, 4) is 17.2 Å². The van der Waals surface area contributed by atoms with Gasteiger partial charge in [-0.25, -0.2) is 0 Å². The average molecular weight is 487 g/mol. The summed E-state index contributed by atoms with van der Waals surface area (Å²) < 4.78 is 22.2. The van der Waals surface area contributed by atoms with Crippen LogP contribution in [0.5, 0.6) is 17.2 Å². The lowest BCUT2D eigenvalue weighted by atomic mass is 10.1. The van der Waals surface area contributed by atoms with Crippen LogP contribution in [0.3, 0.4) is 0 Å². The second-order valence-corrected chi connectivity index (χ2v) is 8.75. The lowest BCUT2D eigenvalue weighted by Crippen LogP contribution is -2.49. The third-order valence-electron chi connectivity index (χ3n) is 6.41. The number of hydrogen-bond acceptors (Lipinski definition) is 9. The van der Waals surface area contributed by atoms with Gasteiger partial charge in [0, 0.05) is 51.3 Å². The number of carbonyl (C=O) groups excluding carboxylic acids is 2. The van der Waals surface area contributed by atoms with Gasteiger partial charge in [-0.15, -0.1) is 0 Å². The minimum Gasteiger partial charge on any atom is -0.493 e. The van der Waals surface area contributed by atoms with Crippen LogP contribution in [0.25, 0.3) is 0 Å². The Bertz CT molecular complexity index is 1000. The van der Waals surface area contributed by atoms with Gasteiger partial charge in [0.15, 0.2) is 23.5 Å². The Hall–Kier alpha value is -3.24. The van der Waals surface area contributed by atoms with Crippen LogP contribution in [-0.2, 0) is 20.9 Å². The first kappa shape index (κ1) is 24.9. The van der Waals surface area contributed by atoms with Crippen molar-refractivity contribution in [2.45, 2.75) is 25.6 Å². The van der Waals surface area contributed by atoms with E-state index in [1.807, 2.05) is 12.1 Å². The zero-order valence-corrected chi connectivity index (χ0v) is 20.6. The lowest BCUT2D eigenvalue weighted by molar-refractivity contribution is -0.122. The van der Waals surface area contributed by atoms with Gasteiger partial charge in [0.25, 0.3) is 0 Å². The molecule has 0 saturated carbocycles. The first-order chi connectivity index (χ1) is 17.0. The highest BCUT2D eigenvalue weighted by Gasteiger charge is 2.27. The number of allylic oxidation sites excluding steroid dienone is 3. The third kappa shape index (κ3) is 6.07. The van der Waals surface area contributed by atoms with E-state index in [1.54, 1.807) is 33.5 Å². The normalized spacial score (nSPS) is 20.2. The van der Waals surface area contributed by atoms with Gasteiger partial charge in [-0.1, -0.05) is 6.07 Å². The summed E-state index contributed by atoms with van der Waals surface area (Å²) in [7, 11) is 4.85. The number of benzene rings is 1. The van der Waals surface area contributed by atoms with Crippen LogP contribution in [0, 0.1) is 0 Å². The molecule has 4 rings (SSSR count). The van der Waals surface area contributed by atoms with Gasteiger partial charge in [-0.3, -0.25) is 19.4 Å². The molecule has 0 radical (unpaired) electrons. The third-order valence-corrected chi connectivity index (χ3v) is 6.41. The van der Waals surface area contributed by atoms with E-state index in [2.05, 4.69) is 20.4 Å². The van der Waals surface area contributed by atoms with Crippen molar-refractivity contribution in [1.29, 1.82) is 0 Å². The van der Waals surface area contributed by atoms with Gasteiger partial charge >= 0.3 is 0 Å². The van der Waals surface area contributed by atoms with Gasteiger partial charge in [-0.2, -0.15) is 0 Å². The number of ether oxygens (including phenoxy) is 4. The highest BCUT2D eigenvalue weighted by molar-refractivity contribution is 5.93. The predicted octanol–water partition coefficient (Wildman–Crippen LogP) is 1.02. The minimum absolute atomic E-state index is 0.00537. The number of piperazine rings is 1. The molecule has 2 aliphatic heterocycles. The van der Waals surface area contributed by atoms with E-state index in [-0.39, 0.29) is 17.9 Å². The van der Waals surface area contributed by atoms with E-state index in [9.17, 15) is 9.59 Å². The second-order valence-electron chi connectivity index (χ2n) is 8.75. The molecule has 1 aliphatic carbocycles. The molecule has 1 amide bonds. The molecular formula is C25H34N4O6. The molecule has 0 bridgehead atoms. The van der Waals surface area contributed by atoms with Gasteiger partial charge in [0.2, 0.25) is 11.7 Å². The maximum Gasteiger partial charge on any atom is 0.234 e. The van der Waals surface area contributed by atoms with E-state index in [1.165, 1.54) is 0 Å². The van der Waals surface area contributed by atoms with Crippen molar-refractivity contribution in [3.05, 3.63) is 41.3 Å². The molecule has 1 unspecified atom stereocenters. The summed E-state index contributed by atoms with van der Waals surface area (Å²) in [6, 6.07) is 3.90. The zero-order chi connectivity index (χ0) is 24.8. The van der Waals surface area contributed by atoms with Gasteiger partial charge in [0.05, 0.1) is 40.0 Å². The zero-order valence-electron chi connectivity index (χ0n) is 20.6. The summed E-state index contributed by atoms with van der Waals surface area (Å²) in [5.41, 5.74) is 1.90.